The van der Waals surface area contributed by atoms with Gasteiger partial charge in [-0.15, -0.1) is 0 Å². The van der Waals surface area contributed by atoms with Crippen LogP contribution in [0.4, 0.5) is 22.5 Å². The summed E-state index contributed by atoms with van der Waals surface area (Å²) in [7, 11) is 0. The number of nitrogens with two attached hydrogens (primary N) is 1. The Bertz CT molecular complexity index is 889. The number of hydrogen-bond acceptors (Lipinski definition) is 8. The van der Waals surface area contributed by atoms with Gasteiger partial charge in [-0.05, 0) is 37.3 Å². The lowest BCUT2D eigenvalue weighted by molar-refractivity contribution is 0.122. The molecule has 0 aliphatic carbocycles. The Labute approximate surface area is 163 Å². The van der Waals surface area contributed by atoms with Crippen LogP contribution in [0.1, 0.15) is 13.1 Å². The van der Waals surface area contributed by atoms with Crippen molar-refractivity contribution in [2.75, 3.05) is 42.3 Å². The van der Waals surface area contributed by atoms with Crippen LogP contribution in [0.2, 0.25) is 0 Å². The Morgan fingerprint density at radius 2 is 1.85 bits per heavy atom. The maximum absolute atomic E-state index is 5.79. The smallest absolute Gasteiger partial charge is 0.227 e. The summed E-state index contributed by atoms with van der Waals surface area (Å²) in [5.74, 6) is 0.549. The van der Waals surface area contributed by atoms with Crippen LogP contribution < -0.4 is 16.0 Å². The molecule has 0 spiro atoms. The summed E-state index contributed by atoms with van der Waals surface area (Å²) in [5.41, 5.74) is 9.63. The van der Waals surface area contributed by atoms with Crippen LogP contribution in [-0.4, -0.2) is 41.3 Å². The molecule has 7 nitrogen and oxygen atoms in total. The van der Waals surface area contributed by atoms with Gasteiger partial charge in [-0.3, -0.25) is 0 Å². The molecule has 3 aromatic rings. The molecule has 142 valence electrons. The van der Waals surface area contributed by atoms with Crippen molar-refractivity contribution < 1.29 is 4.74 Å². The summed E-state index contributed by atoms with van der Waals surface area (Å²) in [5, 5.41) is 3.80. The van der Waals surface area contributed by atoms with E-state index >= 15 is 0 Å². The second-order valence-electron chi connectivity index (χ2n) is 6.00. The minimum absolute atomic E-state index is 0. The molecule has 0 atom stereocenters. The number of ether oxygens (including phenoxy) is 1. The van der Waals surface area contributed by atoms with Crippen LogP contribution >= 0.6 is 11.3 Å². The van der Waals surface area contributed by atoms with Gasteiger partial charge in [0.25, 0.3) is 0 Å². The lowest BCUT2D eigenvalue weighted by atomic mass is 10.2. The Morgan fingerprint density at radius 3 is 2.52 bits per heavy atom. The first-order valence-corrected chi connectivity index (χ1v) is 9.27. The number of nitrogens with one attached hydrogen (secondary N) is 1. The van der Waals surface area contributed by atoms with Gasteiger partial charge in [-0.2, -0.15) is 0 Å². The number of aromatic nitrogens is 3. The van der Waals surface area contributed by atoms with Gasteiger partial charge in [-0.1, -0.05) is 18.8 Å². The molecule has 1 fully saturated rings. The van der Waals surface area contributed by atoms with Crippen molar-refractivity contribution in [3.8, 4) is 10.6 Å². The Morgan fingerprint density at radius 1 is 1.11 bits per heavy atom. The van der Waals surface area contributed by atoms with E-state index in [0.717, 1.165) is 48.3 Å². The van der Waals surface area contributed by atoms with E-state index < -0.39 is 0 Å². The number of nitrogen functional groups attached to an aromatic ring is 1. The van der Waals surface area contributed by atoms with Crippen LogP contribution in [-0.2, 0) is 4.74 Å². The third kappa shape index (κ3) is 4.35. The molecule has 2 aromatic heterocycles. The lowest BCUT2D eigenvalue weighted by Gasteiger charge is -2.28. The van der Waals surface area contributed by atoms with Crippen molar-refractivity contribution in [1.82, 2.24) is 15.0 Å². The normalized spacial score (nSPS) is 13.9. The van der Waals surface area contributed by atoms with Crippen LogP contribution in [0, 0.1) is 6.92 Å². The third-order valence-corrected chi connectivity index (χ3v) is 5.21. The van der Waals surface area contributed by atoms with E-state index in [-0.39, 0.29) is 7.43 Å². The van der Waals surface area contributed by atoms with E-state index in [0.29, 0.717) is 11.1 Å². The van der Waals surface area contributed by atoms with Crippen molar-refractivity contribution in [3.63, 3.8) is 0 Å². The molecule has 0 unspecified atom stereocenters. The molecule has 8 heteroatoms. The number of benzene rings is 1. The minimum Gasteiger partial charge on any atom is -0.378 e. The minimum atomic E-state index is 0. The standard InChI is InChI=1S/C18H20N6OS.CH4/c1-12-16(26-17(19)21-12)15-6-7-20-18(23-15)22-13-2-4-14(5-3-13)24-8-10-25-11-9-24;/h2-7H,8-11H2,1H3,(H2,19,21)(H,20,22,23);1H4. The van der Waals surface area contributed by atoms with Crippen LogP contribution in [0.15, 0.2) is 36.5 Å². The zero-order valence-electron chi connectivity index (χ0n) is 14.5. The zero-order valence-corrected chi connectivity index (χ0v) is 15.3. The SMILES string of the molecule is C.Cc1nc(N)sc1-c1ccnc(Nc2ccc(N3CCOCC3)cc2)n1. The summed E-state index contributed by atoms with van der Waals surface area (Å²) >= 11 is 1.43. The molecule has 4 rings (SSSR count). The monoisotopic (exact) mass is 384 g/mol. The molecule has 0 saturated carbocycles. The van der Waals surface area contributed by atoms with E-state index in [9.17, 15) is 0 Å². The topological polar surface area (TPSA) is 89.2 Å². The van der Waals surface area contributed by atoms with Gasteiger partial charge in [-0.25, -0.2) is 15.0 Å². The van der Waals surface area contributed by atoms with E-state index in [1.165, 1.54) is 17.0 Å². The molecule has 1 aliphatic rings. The molecule has 1 aliphatic heterocycles. The fraction of sp³-hybridized carbons (Fsp3) is 0.316. The predicted molar refractivity (Wildman–Crippen MR) is 112 cm³/mol. The van der Waals surface area contributed by atoms with Crippen LogP contribution in [0.5, 0.6) is 0 Å². The highest BCUT2D eigenvalue weighted by atomic mass is 32.1. The summed E-state index contributed by atoms with van der Waals surface area (Å²) in [4.78, 5) is 16.4. The molecule has 0 bridgehead atoms. The van der Waals surface area contributed by atoms with Gasteiger partial charge in [0.2, 0.25) is 5.95 Å². The highest BCUT2D eigenvalue weighted by molar-refractivity contribution is 7.18. The first kappa shape index (κ1) is 19.1. The fourth-order valence-electron chi connectivity index (χ4n) is 2.91. The first-order chi connectivity index (χ1) is 12.7. The van der Waals surface area contributed by atoms with Gasteiger partial charge in [0.1, 0.15) is 0 Å². The molecular weight excluding hydrogens is 360 g/mol. The van der Waals surface area contributed by atoms with Gasteiger partial charge in [0, 0.05) is 30.7 Å². The number of morpholine rings is 1. The average molecular weight is 385 g/mol. The number of nitrogens with zero attached hydrogens (tertiary/aromatic N) is 4. The summed E-state index contributed by atoms with van der Waals surface area (Å²) in [6.45, 7) is 5.34. The third-order valence-electron chi connectivity index (χ3n) is 4.20. The second kappa shape index (κ2) is 8.32. The molecule has 3 N–H and O–H groups in total. The molecule has 1 aromatic carbocycles. The van der Waals surface area contributed by atoms with Crippen LogP contribution in [0.25, 0.3) is 10.6 Å². The summed E-state index contributed by atoms with van der Waals surface area (Å²) < 4.78 is 5.40. The highest BCUT2D eigenvalue weighted by Gasteiger charge is 2.12. The molecule has 1 saturated heterocycles. The lowest BCUT2D eigenvalue weighted by Crippen LogP contribution is -2.36. The molecule has 3 heterocycles. The van der Waals surface area contributed by atoms with Gasteiger partial charge < -0.3 is 20.7 Å². The number of aryl methyl sites for hydroxylation is 1. The summed E-state index contributed by atoms with van der Waals surface area (Å²) in [6.07, 6.45) is 1.74. The number of rotatable bonds is 4. The van der Waals surface area contributed by atoms with Crippen molar-refractivity contribution in [3.05, 3.63) is 42.2 Å². The van der Waals surface area contributed by atoms with Crippen molar-refractivity contribution in [2.45, 2.75) is 14.4 Å². The van der Waals surface area contributed by atoms with Crippen molar-refractivity contribution in [1.29, 1.82) is 0 Å². The fourth-order valence-corrected chi connectivity index (χ4v) is 3.71. The van der Waals surface area contributed by atoms with Gasteiger partial charge in [0.05, 0.1) is 29.5 Å². The van der Waals surface area contributed by atoms with Crippen molar-refractivity contribution >= 4 is 33.8 Å². The van der Waals surface area contributed by atoms with Crippen molar-refractivity contribution in [2.24, 2.45) is 0 Å². The van der Waals surface area contributed by atoms with E-state index in [2.05, 4.69) is 37.3 Å². The highest BCUT2D eigenvalue weighted by Crippen LogP contribution is 2.30. The zero-order chi connectivity index (χ0) is 17.9. The molecule has 27 heavy (non-hydrogen) atoms. The van der Waals surface area contributed by atoms with Gasteiger partial charge >= 0.3 is 0 Å². The molecule has 0 amide bonds. The second-order valence-corrected chi connectivity index (χ2v) is 7.03. The largest absolute Gasteiger partial charge is 0.378 e. The summed E-state index contributed by atoms with van der Waals surface area (Å²) in [6, 6.07) is 10.2. The maximum atomic E-state index is 5.79. The Kier molecular flexibility index (Phi) is 5.88. The number of thiazole rings is 1. The average Bonchev–Trinajstić information content (AvgIpc) is 3.01. The Balaban J connectivity index is 0.00000210. The van der Waals surface area contributed by atoms with Gasteiger partial charge in [0.15, 0.2) is 5.13 Å². The predicted octanol–water partition coefficient (Wildman–Crippen LogP) is 3.71. The van der Waals surface area contributed by atoms with E-state index in [1.54, 1.807) is 6.20 Å². The quantitative estimate of drug-likeness (QED) is 0.709. The number of anilines is 4. The molecular formula is C19H24N6OS. The van der Waals surface area contributed by atoms with E-state index in [1.807, 2.05) is 25.1 Å². The first-order valence-electron chi connectivity index (χ1n) is 8.45. The maximum Gasteiger partial charge on any atom is 0.227 e. The number of hydrogen-bond donors (Lipinski definition) is 2. The Hall–Kier alpha value is -2.71. The molecule has 0 radical (unpaired) electrons. The van der Waals surface area contributed by atoms with Crippen LogP contribution in [0.3, 0.4) is 0 Å². The van der Waals surface area contributed by atoms with E-state index in [4.69, 9.17) is 10.5 Å².